The number of hydrogen-bond acceptors (Lipinski definition) is 4. The molecule has 0 aliphatic carbocycles. The summed E-state index contributed by atoms with van der Waals surface area (Å²) in [5.74, 6) is 0.901. The van der Waals surface area contributed by atoms with Gasteiger partial charge in [-0.05, 0) is 32.4 Å². The van der Waals surface area contributed by atoms with Gasteiger partial charge in [0.05, 0.1) is 18.8 Å². The number of hydrogen-bond donors (Lipinski definition) is 1. The van der Waals surface area contributed by atoms with Crippen LogP contribution in [0.4, 0.5) is 0 Å². The van der Waals surface area contributed by atoms with Crippen molar-refractivity contribution in [3.05, 3.63) is 33.9 Å². The lowest BCUT2D eigenvalue weighted by Crippen LogP contribution is -2.07. The van der Waals surface area contributed by atoms with Crippen LogP contribution in [-0.2, 0) is 0 Å². The molecule has 0 amide bonds. The Bertz CT molecular complexity index is 455. The second kappa shape index (κ2) is 4.99. The number of aliphatic hydroxyl groups is 1. The van der Waals surface area contributed by atoms with Crippen LogP contribution in [-0.4, -0.2) is 18.3 Å². The maximum atomic E-state index is 11.5. The summed E-state index contributed by atoms with van der Waals surface area (Å²) in [4.78, 5) is 11.5. The molecule has 4 heteroatoms. The van der Waals surface area contributed by atoms with Gasteiger partial charge >= 0.3 is 5.63 Å². The molecule has 0 radical (unpaired) electrons. The first kappa shape index (κ1) is 12.5. The Balaban J connectivity index is 3.27. The minimum atomic E-state index is -0.586. The van der Waals surface area contributed by atoms with Gasteiger partial charge in [-0.2, -0.15) is 0 Å². The Morgan fingerprint density at radius 1 is 1.62 bits per heavy atom. The third kappa shape index (κ3) is 2.73. The molecule has 0 fully saturated rings. The van der Waals surface area contributed by atoms with Crippen molar-refractivity contribution < 1.29 is 14.3 Å². The highest BCUT2D eigenvalue weighted by atomic mass is 16.5. The van der Waals surface area contributed by atoms with E-state index in [1.807, 2.05) is 0 Å². The van der Waals surface area contributed by atoms with Crippen LogP contribution in [0.15, 0.2) is 21.4 Å². The smallest absolute Gasteiger partial charge is 0.342 e. The molecule has 1 aromatic heterocycles. The maximum absolute atomic E-state index is 11.5. The van der Waals surface area contributed by atoms with Gasteiger partial charge in [0.2, 0.25) is 0 Å². The number of methoxy groups -OCH3 is 1. The van der Waals surface area contributed by atoms with Crippen molar-refractivity contribution in [3.63, 3.8) is 0 Å². The average Bonchev–Trinajstić information content (AvgIpc) is 2.20. The van der Waals surface area contributed by atoms with Gasteiger partial charge in [-0.3, -0.25) is 0 Å². The van der Waals surface area contributed by atoms with Crippen molar-refractivity contribution >= 4 is 5.57 Å². The molecule has 88 valence electrons. The lowest BCUT2D eigenvalue weighted by Gasteiger charge is -2.06. The van der Waals surface area contributed by atoms with E-state index >= 15 is 0 Å². The van der Waals surface area contributed by atoms with E-state index in [4.69, 9.17) is 9.15 Å². The Morgan fingerprint density at radius 2 is 2.25 bits per heavy atom. The first-order valence-corrected chi connectivity index (χ1v) is 5.01. The predicted molar refractivity (Wildman–Crippen MR) is 61.6 cm³/mol. The standard InChI is InChI=1S/C12H16O4/c1-7(5-8(2)13)10-6-11(15-4)9(3)12(14)16-10/h5-6,8,13H,1-4H3. The summed E-state index contributed by atoms with van der Waals surface area (Å²) in [5.41, 5.74) is 0.717. The summed E-state index contributed by atoms with van der Waals surface area (Å²) < 4.78 is 10.2. The van der Waals surface area contributed by atoms with Gasteiger partial charge < -0.3 is 14.3 Å². The molecular weight excluding hydrogens is 208 g/mol. The summed E-state index contributed by atoms with van der Waals surface area (Å²) in [7, 11) is 1.50. The van der Waals surface area contributed by atoms with Crippen LogP contribution in [0.5, 0.6) is 5.75 Å². The molecule has 1 atom stereocenters. The van der Waals surface area contributed by atoms with Crippen molar-refractivity contribution in [3.8, 4) is 5.75 Å². The van der Waals surface area contributed by atoms with Gasteiger partial charge in [0.1, 0.15) is 11.5 Å². The average molecular weight is 224 g/mol. The van der Waals surface area contributed by atoms with Crippen molar-refractivity contribution in [2.45, 2.75) is 26.9 Å². The lowest BCUT2D eigenvalue weighted by atomic mass is 10.1. The molecule has 0 bridgehead atoms. The van der Waals surface area contributed by atoms with Gasteiger partial charge in [0, 0.05) is 6.07 Å². The molecule has 1 N–H and O–H groups in total. The zero-order chi connectivity index (χ0) is 12.3. The first-order valence-electron chi connectivity index (χ1n) is 5.01. The SMILES string of the molecule is COc1cc(C(C)=CC(C)O)oc(=O)c1C. The molecule has 1 aromatic rings. The van der Waals surface area contributed by atoms with Crippen LogP contribution >= 0.6 is 0 Å². The van der Waals surface area contributed by atoms with Crippen LogP contribution in [0.3, 0.4) is 0 Å². The zero-order valence-corrected chi connectivity index (χ0v) is 9.90. The molecular formula is C12H16O4. The molecule has 1 heterocycles. The molecule has 4 nitrogen and oxygen atoms in total. The molecule has 1 unspecified atom stereocenters. The highest BCUT2D eigenvalue weighted by Crippen LogP contribution is 2.20. The monoisotopic (exact) mass is 224 g/mol. The molecule has 0 aliphatic heterocycles. The van der Waals surface area contributed by atoms with Crippen molar-refractivity contribution in [2.75, 3.05) is 7.11 Å². The Labute approximate surface area is 94.2 Å². The van der Waals surface area contributed by atoms with Gasteiger partial charge in [-0.25, -0.2) is 4.79 Å². The minimum absolute atomic E-state index is 0.411. The van der Waals surface area contributed by atoms with Crippen LogP contribution in [0.1, 0.15) is 25.2 Å². The van der Waals surface area contributed by atoms with E-state index in [0.717, 1.165) is 0 Å². The van der Waals surface area contributed by atoms with E-state index in [0.29, 0.717) is 22.6 Å². The molecule has 1 rings (SSSR count). The third-order valence-corrected chi connectivity index (χ3v) is 2.24. The Kier molecular flexibility index (Phi) is 3.90. The minimum Gasteiger partial charge on any atom is -0.496 e. The van der Waals surface area contributed by atoms with E-state index in [1.165, 1.54) is 7.11 Å². The molecule has 16 heavy (non-hydrogen) atoms. The van der Waals surface area contributed by atoms with Gasteiger partial charge in [-0.1, -0.05) is 0 Å². The van der Waals surface area contributed by atoms with Crippen LogP contribution in [0.2, 0.25) is 0 Å². The van der Waals surface area contributed by atoms with Crippen LogP contribution in [0.25, 0.3) is 5.57 Å². The highest BCUT2D eigenvalue weighted by Gasteiger charge is 2.09. The van der Waals surface area contributed by atoms with Crippen LogP contribution in [0, 0.1) is 6.92 Å². The number of ether oxygens (including phenoxy) is 1. The Morgan fingerprint density at radius 3 is 2.75 bits per heavy atom. The molecule has 0 aliphatic rings. The second-order valence-electron chi connectivity index (χ2n) is 3.68. The van der Waals surface area contributed by atoms with E-state index < -0.39 is 11.7 Å². The predicted octanol–water partition coefficient (Wildman–Crippen LogP) is 1.74. The molecule has 0 spiro atoms. The van der Waals surface area contributed by atoms with E-state index in [2.05, 4.69) is 0 Å². The fourth-order valence-corrected chi connectivity index (χ4v) is 1.38. The molecule has 0 saturated heterocycles. The number of rotatable bonds is 3. The highest BCUT2D eigenvalue weighted by molar-refractivity contribution is 5.60. The largest absolute Gasteiger partial charge is 0.496 e. The summed E-state index contributed by atoms with van der Waals surface area (Å²) in [6.07, 6.45) is 1.02. The van der Waals surface area contributed by atoms with E-state index in [-0.39, 0.29) is 0 Å². The van der Waals surface area contributed by atoms with Crippen molar-refractivity contribution in [2.24, 2.45) is 0 Å². The zero-order valence-electron chi connectivity index (χ0n) is 9.90. The summed E-state index contributed by atoms with van der Waals surface area (Å²) in [6, 6.07) is 1.64. The lowest BCUT2D eigenvalue weighted by molar-refractivity contribution is 0.244. The topological polar surface area (TPSA) is 59.7 Å². The molecule has 0 aromatic carbocycles. The summed E-state index contributed by atoms with van der Waals surface area (Å²) >= 11 is 0. The van der Waals surface area contributed by atoms with Gasteiger partial charge in [0.15, 0.2) is 0 Å². The Hall–Kier alpha value is -1.55. The van der Waals surface area contributed by atoms with Gasteiger partial charge in [0.25, 0.3) is 0 Å². The third-order valence-electron chi connectivity index (χ3n) is 2.24. The normalized spacial score (nSPS) is 13.7. The van der Waals surface area contributed by atoms with Crippen molar-refractivity contribution in [1.29, 1.82) is 0 Å². The summed E-state index contributed by atoms with van der Waals surface area (Å²) in [6.45, 7) is 5.04. The first-order chi connectivity index (χ1) is 7.45. The fourth-order valence-electron chi connectivity index (χ4n) is 1.38. The van der Waals surface area contributed by atoms with Crippen molar-refractivity contribution in [1.82, 2.24) is 0 Å². The van der Waals surface area contributed by atoms with E-state index in [1.54, 1.807) is 32.9 Å². The maximum Gasteiger partial charge on any atom is 0.342 e. The van der Waals surface area contributed by atoms with E-state index in [9.17, 15) is 9.90 Å². The van der Waals surface area contributed by atoms with Crippen LogP contribution < -0.4 is 10.4 Å². The quantitative estimate of drug-likeness (QED) is 0.849. The van der Waals surface area contributed by atoms with Gasteiger partial charge in [-0.15, -0.1) is 0 Å². The summed E-state index contributed by atoms with van der Waals surface area (Å²) in [5, 5.41) is 9.21. The molecule has 0 saturated carbocycles. The second-order valence-corrected chi connectivity index (χ2v) is 3.68. The number of allylic oxidation sites excluding steroid dienone is 1. The number of aliphatic hydroxyl groups excluding tert-OH is 1. The fraction of sp³-hybridized carbons (Fsp3) is 0.417.